The maximum absolute atomic E-state index is 11.4. The van der Waals surface area contributed by atoms with Gasteiger partial charge in [-0.2, -0.15) is 0 Å². The van der Waals surface area contributed by atoms with Gasteiger partial charge >= 0.3 is 0 Å². The van der Waals surface area contributed by atoms with Crippen LogP contribution in [0.5, 0.6) is 0 Å². The second kappa shape index (κ2) is 5.55. The Morgan fingerprint density at radius 2 is 2.12 bits per heavy atom. The Balaban J connectivity index is 2.48. The minimum absolute atomic E-state index is 0.0294. The van der Waals surface area contributed by atoms with Crippen molar-refractivity contribution in [3.63, 3.8) is 0 Å². The smallest absolute Gasteiger partial charge is 0.215 e. The Hall–Kier alpha value is -0.730. The third kappa shape index (κ3) is 4.03. The summed E-state index contributed by atoms with van der Waals surface area (Å²) in [5.74, 6) is 0.623. The van der Waals surface area contributed by atoms with Crippen molar-refractivity contribution < 1.29 is 8.42 Å². The fourth-order valence-electron chi connectivity index (χ4n) is 0.921. The summed E-state index contributed by atoms with van der Waals surface area (Å²) in [4.78, 5) is 7.81. The zero-order valence-corrected chi connectivity index (χ0v) is 11.4. The van der Waals surface area contributed by atoms with E-state index in [1.807, 2.05) is 0 Å². The van der Waals surface area contributed by atoms with Gasteiger partial charge < -0.3 is 5.32 Å². The number of nitrogens with one attached hydrogen (secondary N) is 1. The number of nitrogens with zero attached hydrogens (tertiary/aromatic N) is 3. The van der Waals surface area contributed by atoms with Crippen molar-refractivity contribution in [2.45, 2.75) is 0 Å². The number of anilines is 1. The van der Waals surface area contributed by atoms with E-state index in [1.165, 1.54) is 24.7 Å². The minimum atomic E-state index is -3.16. The maximum Gasteiger partial charge on any atom is 0.215 e. The number of aromatic nitrogens is 2. The van der Waals surface area contributed by atoms with Crippen molar-refractivity contribution in [3.8, 4) is 0 Å². The van der Waals surface area contributed by atoms with Crippen LogP contribution in [0.25, 0.3) is 0 Å². The van der Waals surface area contributed by atoms with Gasteiger partial charge in [0.05, 0.1) is 5.75 Å². The Bertz CT molecular complexity index is 449. The SMILES string of the molecule is CN(C)S(=O)(=O)CCNc1cc(Br)ncn1. The molecule has 0 saturated heterocycles. The molecule has 6 nitrogen and oxygen atoms in total. The van der Waals surface area contributed by atoms with E-state index in [-0.39, 0.29) is 5.75 Å². The number of halogens is 1. The van der Waals surface area contributed by atoms with E-state index in [9.17, 15) is 8.42 Å². The molecule has 0 atom stereocenters. The molecule has 90 valence electrons. The standard InChI is InChI=1S/C8H13BrN4O2S/c1-13(2)16(14,15)4-3-10-8-5-7(9)11-6-12-8/h5-6H,3-4H2,1-2H3,(H,10,11,12). The first-order chi connectivity index (χ1) is 7.42. The van der Waals surface area contributed by atoms with Crippen molar-refractivity contribution >= 4 is 31.8 Å². The summed E-state index contributed by atoms with van der Waals surface area (Å²) < 4.78 is 24.7. The average Bonchev–Trinajstić information content (AvgIpc) is 2.17. The molecular weight excluding hydrogens is 296 g/mol. The Kier molecular flexibility index (Phi) is 4.63. The van der Waals surface area contributed by atoms with E-state index in [0.717, 1.165) is 0 Å². The highest BCUT2D eigenvalue weighted by Gasteiger charge is 2.12. The van der Waals surface area contributed by atoms with Crippen molar-refractivity contribution in [1.29, 1.82) is 0 Å². The molecule has 0 aromatic carbocycles. The molecule has 0 aliphatic carbocycles. The first-order valence-corrected chi connectivity index (χ1v) is 6.93. The van der Waals surface area contributed by atoms with Crippen LogP contribution in [0.15, 0.2) is 17.0 Å². The minimum Gasteiger partial charge on any atom is -0.369 e. The van der Waals surface area contributed by atoms with Gasteiger partial charge in [0.2, 0.25) is 10.0 Å². The summed E-state index contributed by atoms with van der Waals surface area (Å²) in [6.45, 7) is 0.309. The summed E-state index contributed by atoms with van der Waals surface area (Å²) >= 11 is 3.20. The lowest BCUT2D eigenvalue weighted by molar-refractivity contribution is 0.521. The van der Waals surface area contributed by atoms with Crippen LogP contribution in [-0.4, -0.2) is 49.1 Å². The molecule has 1 heterocycles. The highest BCUT2D eigenvalue weighted by molar-refractivity contribution is 9.10. The van der Waals surface area contributed by atoms with Crippen molar-refractivity contribution in [3.05, 3.63) is 17.0 Å². The predicted molar refractivity (Wildman–Crippen MR) is 65.7 cm³/mol. The van der Waals surface area contributed by atoms with E-state index in [1.54, 1.807) is 6.07 Å². The largest absolute Gasteiger partial charge is 0.369 e. The second-order valence-corrected chi connectivity index (χ2v) is 6.37. The highest BCUT2D eigenvalue weighted by Crippen LogP contribution is 2.09. The van der Waals surface area contributed by atoms with Crippen LogP contribution >= 0.6 is 15.9 Å². The van der Waals surface area contributed by atoms with E-state index in [0.29, 0.717) is 17.0 Å². The number of sulfonamides is 1. The van der Waals surface area contributed by atoms with Gasteiger partial charge in [-0.3, -0.25) is 0 Å². The maximum atomic E-state index is 11.4. The van der Waals surface area contributed by atoms with Gasteiger partial charge in [-0.25, -0.2) is 22.7 Å². The van der Waals surface area contributed by atoms with Gasteiger partial charge in [-0.15, -0.1) is 0 Å². The molecule has 16 heavy (non-hydrogen) atoms. The van der Waals surface area contributed by atoms with Gasteiger partial charge in [0, 0.05) is 26.7 Å². The van der Waals surface area contributed by atoms with Gasteiger partial charge in [0.15, 0.2) is 0 Å². The summed E-state index contributed by atoms with van der Waals surface area (Å²) in [5, 5.41) is 2.91. The van der Waals surface area contributed by atoms with Crippen LogP contribution in [0.3, 0.4) is 0 Å². The average molecular weight is 309 g/mol. The molecule has 0 amide bonds. The van der Waals surface area contributed by atoms with Gasteiger partial charge in [-0.1, -0.05) is 0 Å². The Morgan fingerprint density at radius 1 is 1.44 bits per heavy atom. The van der Waals surface area contributed by atoms with Gasteiger partial charge in [0.25, 0.3) is 0 Å². The topological polar surface area (TPSA) is 75.2 Å². The fourth-order valence-corrected chi connectivity index (χ4v) is 1.95. The first kappa shape index (κ1) is 13.3. The lowest BCUT2D eigenvalue weighted by atomic mass is 10.5. The molecule has 1 aromatic rings. The van der Waals surface area contributed by atoms with Crippen molar-refractivity contribution in [1.82, 2.24) is 14.3 Å². The highest BCUT2D eigenvalue weighted by atomic mass is 79.9. The number of rotatable bonds is 5. The predicted octanol–water partition coefficient (Wildman–Crippen LogP) is 0.542. The molecule has 0 aliphatic rings. The number of hydrogen-bond donors (Lipinski definition) is 1. The summed E-state index contributed by atoms with van der Waals surface area (Å²) in [6, 6.07) is 1.68. The lowest BCUT2D eigenvalue weighted by Crippen LogP contribution is -2.28. The quantitative estimate of drug-likeness (QED) is 0.804. The Labute approximate surface area is 103 Å². The van der Waals surface area contributed by atoms with Gasteiger partial charge in [0.1, 0.15) is 16.7 Å². The molecular formula is C8H13BrN4O2S. The zero-order valence-electron chi connectivity index (χ0n) is 9.01. The van der Waals surface area contributed by atoms with Crippen LogP contribution in [0.4, 0.5) is 5.82 Å². The van der Waals surface area contributed by atoms with E-state index in [2.05, 4.69) is 31.2 Å². The first-order valence-electron chi connectivity index (χ1n) is 4.53. The second-order valence-electron chi connectivity index (χ2n) is 3.25. The molecule has 0 saturated carbocycles. The molecule has 1 rings (SSSR count). The Morgan fingerprint density at radius 3 is 2.69 bits per heavy atom. The molecule has 0 aliphatic heterocycles. The van der Waals surface area contributed by atoms with Crippen LogP contribution in [0.2, 0.25) is 0 Å². The van der Waals surface area contributed by atoms with Crippen LogP contribution in [-0.2, 0) is 10.0 Å². The molecule has 0 radical (unpaired) electrons. The summed E-state index contributed by atoms with van der Waals surface area (Å²) in [5.41, 5.74) is 0. The van der Waals surface area contributed by atoms with Crippen LogP contribution in [0, 0.1) is 0 Å². The molecule has 1 N–H and O–H groups in total. The molecule has 0 bridgehead atoms. The van der Waals surface area contributed by atoms with Crippen molar-refractivity contribution in [2.75, 3.05) is 31.7 Å². The normalized spacial score (nSPS) is 11.8. The monoisotopic (exact) mass is 308 g/mol. The van der Waals surface area contributed by atoms with Crippen LogP contribution < -0.4 is 5.32 Å². The third-order valence-corrected chi connectivity index (χ3v) is 4.12. The lowest BCUT2D eigenvalue weighted by Gasteiger charge is -2.11. The molecule has 8 heteroatoms. The van der Waals surface area contributed by atoms with E-state index in [4.69, 9.17) is 0 Å². The molecule has 0 unspecified atom stereocenters. The van der Waals surface area contributed by atoms with E-state index >= 15 is 0 Å². The van der Waals surface area contributed by atoms with Gasteiger partial charge in [-0.05, 0) is 15.9 Å². The molecule has 0 spiro atoms. The summed E-state index contributed by atoms with van der Waals surface area (Å²) in [6.07, 6.45) is 1.40. The van der Waals surface area contributed by atoms with Crippen molar-refractivity contribution in [2.24, 2.45) is 0 Å². The van der Waals surface area contributed by atoms with E-state index < -0.39 is 10.0 Å². The molecule has 0 fully saturated rings. The zero-order chi connectivity index (χ0) is 12.2. The molecule has 1 aromatic heterocycles. The number of hydrogen-bond acceptors (Lipinski definition) is 5. The summed E-state index contributed by atoms with van der Waals surface area (Å²) in [7, 11) is -0.142. The fraction of sp³-hybridized carbons (Fsp3) is 0.500. The van der Waals surface area contributed by atoms with Crippen LogP contribution in [0.1, 0.15) is 0 Å². The third-order valence-electron chi connectivity index (χ3n) is 1.86.